The van der Waals surface area contributed by atoms with Crippen molar-refractivity contribution >= 4 is 34.8 Å². The number of hydrogen-bond donors (Lipinski definition) is 1. The molecule has 18 heavy (non-hydrogen) atoms. The Kier molecular flexibility index (Phi) is 4.13. The van der Waals surface area contributed by atoms with E-state index in [0.717, 1.165) is 12.8 Å². The number of halogens is 1. The lowest BCUT2D eigenvalue weighted by Gasteiger charge is -2.22. The fourth-order valence-electron chi connectivity index (χ4n) is 1.60. The fourth-order valence-corrected chi connectivity index (χ4v) is 1.84. The van der Waals surface area contributed by atoms with Crippen molar-refractivity contribution in [3.63, 3.8) is 0 Å². The van der Waals surface area contributed by atoms with Crippen LogP contribution < -0.4 is 15.4 Å². The molecule has 8 heteroatoms. The zero-order valence-corrected chi connectivity index (χ0v) is 11.5. The summed E-state index contributed by atoms with van der Waals surface area (Å²) < 4.78 is 4.99. The zero-order valence-electron chi connectivity index (χ0n) is 9.97. The normalized spacial score (nSPS) is 14.3. The Balaban J connectivity index is 2.18. The Bertz CT molecular complexity index is 454. The van der Waals surface area contributed by atoms with Gasteiger partial charge in [0.2, 0.25) is 11.2 Å². The van der Waals surface area contributed by atoms with E-state index in [1.54, 1.807) is 0 Å². The van der Waals surface area contributed by atoms with Gasteiger partial charge in [-0.25, -0.2) is 0 Å². The molecule has 1 saturated carbocycles. The average Bonchev–Trinajstić information content (AvgIpc) is 3.12. The Morgan fingerprint density at radius 3 is 2.78 bits per heavy atom. The van der Waals surface area contributed by atoms with Crippen LogP contribution in [-0.4, -0.2) is 39.6 Å². The van der Waals surface area contributed by atoms with Crippen LogP contribution in [0.4, 0.5) is 5.95 Å². The van der Waals surface area contributed by atoms with Gasteiger partial charge in [0, 0.05) is 19.0 Å². The smallest absolute Gasteiger partial charge is 0.322 e. The molecule has 0 unspecified atom stereocenters. The van der Waals surface area contributed by atoms with E-state index in [0.29, 0.717) is 29.9 Å². The van der Waals surface area contributed by atoms with Gasteiger partial charge in [-0.2, -0.15) is 15.0 Å². The molecule has 6 nitrogen and oxygen atoms in total. The van der Waals surface area contributed by atoms with E-state index in [1.165, 1.54) is 7.11 Å². The highest BCUT2D eigenvalue weighted by atomic mass is 35.5. The third kappa shape index (κ3) is 3.39. The molecule has 2 rings (SSSR count). The van der Waals surface area contributed by atoms with Gasteiger partial charge < -0.3 is 15.4 Å². The van der Waals surface area contributed by atoms with Crippen LogP contribution in [0.1, 0.15) is 19.3 Å². The molecule has 0 aromatic carbocycles. The van der Waals surface area contributed by atoms with Gasteiger partial charge in [0.15, 0.2) is 0 Å². The Morgan fingerprint density at radius 1 is 1.50 bits per heavy atom. The lowest BCUT2D eigenvalue weighted by Crippen LogP contribution is -2.31. The monoisotopic (exact) mass is 287 g/mol. The van der Waals surface area contributed by atoms with Crippen LogP contribution >= 0.6 is 23.8 Å². The van der Waals surface area contributed by atoms with Crippen LogP contribution in [0.2, 0.25) is 5.28 Å². The SMILES string of the molecule is COc1nc(Cl)nc(N(CCC(N)=S)C2CC2)n1. The molecule has 0 amide bonds. The van der Waals surface area contributed by atoms with Crippen molar-refractivity contribution in [2.24, 2.45) is 5.73 Å². The summed E-state index contributed by atoms with van der Waals surface area (Å²) in [4.78, 5) is 14.7. The quantitative estimate of drug-likeness (QED) is 0.787. The number of anilines is 1. The number of aromatic nitrogens is 3. The largest absolute Gasteiger partial charge is 0.467 e. The van der Waals surface area contributed by atoms with Gasteiger partial charge in [-0.1, -0.05) is 12.2 Å². The minimum absolute atomic E-state index is 0.123. The van der Waals surface area contributed by atoms with E-state index in [1.807, 2.05) is 0 Å². The number of methoxy groups -OCH3 is 1. The molecule has 1 fully saturated rings. The van der Waals surface area contributed by atoms with Crippen molar-refractivity contribution in [1.29, 1.82) is 0 Å². The highest BCUT2D eigenvalue weighted by Crippen LogP contribution is 2.30. The number of hydrogen-bond acceptors (Lipinski definition) is 6. The van der Waals surface area contributed by atoms with Gasteiger partial charge in [0.05, 0.1) is 12.1 Å². The van der Waals surface area contributed by atoms with Crippen molar-refractivity contribution in [1.82, 2.24) is 15.0 Å². The first-order valence-corrected chi connectivity index (χ1v) is 6.39. The van der Waals surface area contributed by atoms with Gasteiger partial charge in [-0.15, -0.1) is 0 Å². The summed E-state index contributed by atoms with van der Waals surface area (Å²) >= 11 is 10.7. The maximum atomic E-state index is 5.84. The van der Waals surface area contributed by atoms with E-state index >= 15 is 0 Å². The molecule has 98 valence electrons. The second-order valence-electron chi connectivity index (χ2n) is 4.03. The van der Waals surface area contributed by atoms with E-state index in [2.05, 4.69) is 19.9 Å². The third-order valence-electron chi connectivity index (χ3n) is 2.60. The minimum atomic E-state index is 0.123. The fraction of sp³-hybridized carbons (Fsp3) is 0.600. The first-order chi connectivity index (χ1) is 8.60. The summed E-state index contributed by atoms with van der Waals surface area (Å²) in [6, 6.07) is 0.647. The summed E-state index contributed by atoms with van der Waals surface area (Å²) in [5.74, 6) is 0.519. The Morgan fingerprint density at radius 2 is 2.22 bits per heavy atom. The first-order valence-electron chi connectivity index (χ1n) is 5.60. The predicted molar refractivity (Wildman–Crippen MR) is 73.2 cm³/mol. The molecule has 0 spiro atoms. The van der Waals surface area contributed by atoms with E-state index in [-0.39, 0.29) is 11.3 Å². The van der Waals surface area contributed by atoms with Crippen molar-refractivity contribution in [2.75, 3.05) is 18.6 Å². The summed E-state index contributed by atoms with van der Waals surface area (Å²) in [7, 11) is 1.49. The number of ether oxygens (including phenoxy) is 1. The molecule has 0 radical (unpaired) electrons. The molecule has 0 aliphatic heterocycles. The molecule has 0 saturated heterocycles. The van der Waals surface area contributed by atoms with Gasteiger partial charge in [-0.3, -0.25) is 0 Å². The summed E-state index contributed by atoms with van der Waals surface area (Å²) in [5, 5.41) is 0.123. The molecule has 1 aliphatic carbocycles. The number of nitrogens with zero attached hydrogens (tertiary/aromatic N) is 4. The van der Waals surface area contributed by atoms with Crippen LogP contribution in [0, 0.1) is 0 Å². The lowest BCUT2D eigenvalue weighted by molar-refractivity contribution is 0.378. The van der Waals surface area contributed by atoms with Crippen molar-refractivity contribution in [2.45, 2.75) is 25.3 Å². The van der Waals surface area contributed by atoms with Crippen molar-refractivity contribution < 1.29 is 4.74 Å². The lowest BCUT2D eigenvalue weighted by atomic mass is 10.4. The molecule has 1 aromatic rings. The molecule has 2 N–H and O–H groups in total. The molecular weight excluding hydrogens is 274 g/mol. The Labute approximate surface area is 116 Å². The topological polar surface area (TPSA) is 77.2 Å². The third-order valence-corrected chi connectivity index (χ3v) is 2.98. The molecule has 1 aliphatic rings. The summed E-state index contributed by atoms with van der Waals surface area (Å²) in [6.07, 6.45) is 2.85. The summed E-state index contributed by atoms with van der Waals surface area (Å²) in [5.41, 5.74) is 5.53. The second kappa shape index (κ2) is 5.62. The van der Waals surface area contributed by atoms with Crippen molar-refractivity contribution in [3.05, 3.63) is 5.28 Å². The van der Waals surface area contributed by atoms with Crippen LogP contribution in [0.3, 0.4) is 0 Å². The molecule has 0 atom stereocenters. The number of rotatable bonds is 6. The number of nitrogens with two attached hydrogens (primary N) is 1. The second-order valence-corrected chi connectivity index (χ2v) is 4.89. The van der Waals surface area contributed by atoms with Crippen molar-refractivity contribution in [3.8, 4) is 6.01 Å². The Hall–Kier alpha value is -1.21. The van der Waals surface area contributed by atoms with Gasteiger partial charge >= 0.3 is 6.01 Å². The maximum absolute atomic E-state index is 5.84. The average molecular weight is 288 g/mol. The highest BCUT2D eigenvalue weighted by Gasteiger charge is 2.31. The van der Waals surface area contributed by atoms with Gasteiger partial charge in [0.25, 0.3) is 0 Å². The molecule has 1 aromatic heterocycles. The highest BCUT2D eigenvalue weighted by molar-refractivity contribution is 7.80. The maximum Gasteiger partial charge on any atom is 0.322 e. The van der Waals surface area contributed by atoms with Crippen LogP contribution in [-0.2, 0) is 0 Å². The minimum Gasteiger partial charge on any atom is -0.467 e. The number of thiocarbonyl (C=S) groups is 1. The van der Waals surface area contributed by atoms with E-state index < -0.39 is 0 Å². The van der Waals surface area contributed by atoms with Gasteiger partial charge in [0.1, 0.15) is 0 Å². The molecular formula is C10H14ClN5OS. The van der Waals surface area contributed by atoms with Crippen LogP contribution in [0.5, 0.6) is 6.01 Å². The zero-order chi connectivity index (χ0) is 13.1. The molecule has 1 heterocycles. The summed E-state index contributed by atoms with van der Waals surface area (Å²) in [6.45, 7) is 0.684. The van der Waals surface area contributed by atoms with Crippen LogP contribution in [0.25, 0.3) is 0 Å². The predicted octanol–water partition coefficient (Wildman–Crippen LogP) is 1.18. The molecule has 0 bridgehead atoms. The van der Waals surface area contributed by atoms with Crippen LogP contribution in [0.15, 0.2) is 0 Å². The first kappa shape index (κ1) is 13.2. The van der Waals surface area contributed by atoms with E-state index in [9.17, 15) is 0 Å². The standard InChI is InChI=1S/C10H14ClN5OS/c1-17-10-14-8(11)13-9(15-10)16(6-2-3-6)5-4-7(12)18/h6H,2-5H2,1H3,(H2,12,18). The van der Waals surface area contributed by atoms with E-state index in [4.69, 9.17) is 34.3 Å². The van der Waals surface area contributed by atoms with Gasteiger partial charge in [-0.05, 0) is 24.4 Å².